The van der Waals surface area contributed by atoms with Crippen molar-refractivity contribution < 1.29 is 9.31 Å². The molecule has 0 saturated carbocycles. The highest BCUT2D eigenvalue weighted by molar-refractivity contribution is 6.64. The monoisotopic (exact) mass is 254 g/mol. The number of nitrogen functional groups attached to an aromatic ring is 1. The van der Waals surface area contributed by atoms with Gasteiger partial charge in [0.15, 0.2) is 0 Å². The summed E-state index contributed by atoms with van der Waals surface area (Å²) in [5.41, 5.74) is 5.90. The molecule has 1 aliphatic rings. The number of aromatic nitrogens is 1. The quantitative estimate of drug-likeness (QED) is 0.774. The van der Waals surface area contributed by atoms with Crippen molar-refractivity contribution in [1.29, 1.82) is 0 Å². The molecule has 1 fully saturated rings. The molecule has 1 aliphatic heterocycles. The Kier molecular flexibility index (Phi) is 2.88. The number of nitrogens with zero attached hydrogens (tertiary/aromatic N) is 1. The van der Waals surface area contributed by atoms with E-state index in [1.165, 1.54) is 0 Å². The number of hydrogen-bond acceptors (Lipinski definition) is 4. The minimum atomic E-state index is -0.548. The Bertz CT molecular complexity index is 435. The van der Waals surface area contributed by atoms with Crippen LogP contribution in [-0.4, -0.2) is 23.3 Å². The molecule has 0 aliphatic carbocycles. The molecule has 0 atom stereocenters. The van der Waals surface area contributed by atoms with Gasteiger partial charge in [0.2, 0.25) is 0 Å². The molecule has 4 nitrogen and oxygen atoms in total. The number of pyridine rings is 1. The lowest BCUT2D eigenvalue weighted by molar-refractivity contribution is 0.00578. The minimum Gasteiger partial charge on any atom is -0.398 e. The van der Waals surface area contributed by atoms with E-state index in [4.69, 9.17) is 26.6 Å². The van der Waals surface area contributed by atoms with E-state index in [9.17, 15) is 0 Å². The Labute approximate surface area is 107 Å². The van der Waals surface area contributed by atoms with E-state index >= 15 is 0 Å². The van der Waals surface area contributed by atoms with Crippen LogP contribution in [0.5, 0.6) is 0 Å². The second-order valence-corrected chi connectivity index (χ2v) is 5.63. The predicted octanol–water partition coefficient (Wildman–Crippen LogP) is 1.62. The zero-order valence-corrected chi connectivity index (χ0v) is 11.2. The largest absolute Gasteiger partial charge is 0.516 e. The number of hydrogen-bond donors (Lipinski definition) is 1. The van der Waals surface area contributed by atoms with Crippen LogP contribution < -0.4 is 11.3 Å². The van der Waals surface area contributed by atoms with Gasteiger partial charge >= 0.3 is 7.12 Å². The number of rotatable bonds is 1. The third-order valence-electron chi connectivity index (χ3n) is 3.37. The van der Waals surface area contributed by atoms with Crippen molar-refractivity contribution in [1.82, 2.24) is 4.98 Å². The third-order valence-corrected chi connectivity index (χ3v) is 3.67. The maximum atomic E-state index is 6.09. The lowest BCUT2D eigenvalue weighted by Crippen LogP contribution is -2.41. The van der Waals surface area contributed by atoms with Gasteiger partial charge in [0.05, 0.1) is 27.5 Å². The smallest absolute Gasteiger partial charge is 0.398 e. The van der Waals surface area contributed by atoms with Gasteiger partial charge in [-0.05, 0) is 33.8 Å². The molecule has 1 saturated heterocycles. The highest BCUT2D eigenvalue weighted by Crippen LogP contribution is 2.36. The summed E-state index contributed by atoms with van der Waals surface area (Å²) < 4.78 is 11.7. The Hall–Kier alpha value is -0.775. The van der Waals surface area contributed by atoms with Gasteiger partial charge in [-0.1, -0.05) is 11.6 Å². The zero-order valence-electron chi connectivity index (χ0n) is 10.5. The van der Waals surface area contributed by atoms with Gasteiger partial charge in [-0.25, -0.2) is 0 Å². The Balaban J connectivity index is 2.32. The fourth-order valence-electron chi connectivity index (χ4n) is 1.59. The fourth-order valence-corrected chi connectivity index (χ4v) is 1.86. The summed E-state index contributed by atoms with van der Waals surface area (Å²) in [6.07, 6.45) is 1.55. The maximum absolute atomic E-state index is 6.09. The van der Waals surface area contributed by atoms with Gasteiger partial charge in [-0.15, -0.1) is 0 Å². The molecule has 1 aromatic heterocycles. The van der Waals surface area contributed by atoms with Crippen LogP contribution in [0.25, 0.3) is 0 Å². The van der Waals surface area contributed by atoms with Crippen LogP contribution in [0, 0.1) is 0 Å². The summed E-state index contributed by atoms with van der Waals surface area (Å²) in [6.45, 7) is 7.94. The summed E-state index contributed by atoms with van der Waals surface area (Å²) in [5, 5.41) is 0.462. The van der Waals surface area contributed by atoms with E-state index in [1.807, 2.05) is 27.7 Å². The molecule has 0 radical (unpaired) electrons. The zero-order chi connectivity index (χ0) is 12.8. The number of halogens is 1. The van der Waals surface area contributed by atoms with Gasteiger partial charge in [0.25, 0.3) is 0 Å². The van der Waals surface area contributed by atoms with E-state index in [0.717, 1.165) is 0 Å². The van der Waals surface area contributed by atoms with Crippen molar-refractivity contribution >= 4 is 30.0 Å². The van der Waals surface area contributed by atoms with Crippen LogP contribution >= 0.6 is 11.6 Å². The van der Waals surface area contributed by atoms with E-state index in [-0.39, 0.29) is 0 Å². The van der Waals surface area contributed by atoms with Crippen molar-refractivity contribution in [2.24, 2.45) is 0 Å². The van der Waals surface area contributed by atoms with Crippen LogP contribution in [-0.2, 0) is 9.31 Å². The standard InChI is InChI=1S/C11H16BClN2O2/c1-10(2)11(3,4)17-12(16-10)9-8(13)5-7(14)6-15-9/h5-6H,14H2,1-4H3. The molecule has 0 bridgehead atoms. The first-order chi connectivity index (χ1) is 7.73. The number of anilines is 1. The van der Waals surface area contributed by atoms with E-state index in [1.54, 1.807) is 12.3 Å². The molecular weight excluding hydrogens is 238 g/mol. The summed E-state index contributed by atoms with van der Waals surface area (Å²) in [4.78, 5) is 4.18. The Morgan fingerprint density at radius 2 is 1.76 bits per heavy atom. The van der Waals surface area contributed by atoms with Crippen LogP contribution in [0.2, 0.25) is 5.02 Å². The molecule has 0 aromatic carbocycles. The van der Waals surface area contributed by atoms with Crippen LogP contribution in [0.1, 0.15) is 27.7 Å². The van der Waals surface area contributed by atoms with Crippen molar-refractivity contribution in [2.75, 3.05) is 5.73 Å². The average Bonchev–Trinajstić information content (AvgIpc) is 2.35. The number of nitrogens with two attached hydrogens (primary N) is 1. The molecule has 1 aromatic rings. The summed E-state index contributed by atoms with van der Waals surface area (Å²) in [7, 11) is -0.548. The van der Waals surface area contributed by atoms with Gasteiger partial charge in [0, 0.05) is 6.20 Å². The summed E-state index contributed by atoms with van der Waals surface area (Å²) in [6, 6.07) is 1.65. The van der Waals surface area contributed by atoms with Crippen molar-refractivity contribution in [3.63, 3.8) is 0 Å². The minimum absolute atomic E-state index is 0.399. The summed E-state index contributed by atoms with van der Waals surface area (Å²) >= 11 is 6.09. The average molecular weight is 255 g/mol. The van der Waals surface area contributed by atoms with Crippen LogP contribution in [0.4, 0.5) is 5.69 Å². The SMILES string of the molecule is CC1(C)OB(c2ncc(N)cc2Cl)OC1(C)C. The highest BCUT2D eigenvalue weighted by Gasteiger charge is 2.52. The topological polar surface area (TPSA) is 57.4 Å². The lowest BCUT2D eigenvalue weighted by Gasteiger charge is -2.32. The Morgan fingerprint density at radius 3 is 2.24 bits per heavy atom. The fraction of sp³-hybridized carbons (Fsp3) is 0.545. The second-order valence-electron chi connectivity index (χ2n) is 5.22. The molecule has 0 unspecified atom stereocenters. The molecule has 2 rings (SSSR count). The first kappa shape index (κ1) is 12.7. The molecule has 6 heteroatoms. The molecule has 2 heterocycles. The molecule has 0 spiro atoms. The van der Waals surface area contributed by atoms with Gasteiger partial charge in [0.1, 0.15) is 0 Å². The van der Waals surface area contributed by atoms with Crippen molar-refractivity contribution in [2.45, 2.75) is 38.9 Å². The lowest BCUT2D eigenvalue weighted by atomic mass is 9.84. The summed E-state index contributed by atoms with van der Waals surface area (Å²) in [5.74, 6) is 0. The van der Waals surface area contributed by atoms with Gasteiger partial charge in [-0.3, -0.25) is 4.98 Å². The molecule has 92 valence electrons. The van der Waals surface area contributed by atoms with Crippen molar-refractivity contribution in [3.05, 3.63) is 17.3 Å². The first-order valence-electron chi connectivity index (χ1n) is 5.49. The van der Waals surface area contributed by atoms with Crippen LogP contribution in [0.3, 0.4) is 0 Å². The Morgan fingerprint density at radius 1 is 1.24 bits per heavy atom. The first-order valence-corrected chi connectivity index (χ1v) is 5.87. The molecule has 2 N–H and O–H groups in total. The maximum Gasteiger partial charge on any atom is 0.516 e. The van der Waals surface area contributed by atoms with Gasteiger partial charge < -0.3 is 15.0 Å². The molecule has 0 amide bonds. The normalized spacial score (nSPS) is 21.8. The van der Waals surface area contributed by atoms with Gasteiger partial charge in [-0.2, -0.15) is 0 Å². The molecule has 17 heavy (non-hydrogen) atoms. The molecular formula is C11H16BClN2O2. The predicted molar refractivity (Wildman–Crippen MR) is 69.4 cm³/mol. The third kappa shape index (κ3) is 2.15. The highest BCUT2D eigenvalue weighted by atomic mass is 35.5. The van der Waals surface area contributed by atoms with E-state index in [0.29, 0.717) is 16.3 Å². The van der Waals surface area contributed by atoms with Crippen molar-refractivity contribution in [3.8, 4) is 0 Å². The van der Waals surface area contributed by atoms with E-state index < -0.39 is 18.3 Å². The van der Waals surface area contributed by atoms with Crippen LogP contribution in [0.15, 0.2) is 12.3 Å². The second kappa shape index (κ2) is 3.87. The van der Waals surface area contributed by atoms with E-state index in [2.05, 4.69) is 4.98 Å².